The van der Waals surface area contributed by atoms with Gasteiger partial charge in [0.05, 0.1) is 0 Å². The van der Waals surface area contributed by atoms with Crippen LogP contribution >= 0.6 is 0 Å². The molecule has 0 aromatic rings. The van der Waals surface area contributed by atoms with E-state index in [0.717, 1.165) is 32.2 Å². The highest BCUT2D eigenvalue weighted by molar-refractivity contribution is 5.68. The lowest BCUT2D eigenvalue weighted by Gasteiger charge is -2.29. The van der Waals surface area contributed by atoms with Gasteiger partial charge >= 0.3 is 6.09 Å². The topological polar surface area (TPSA) is 49.9 Å². The summed E-state index contributed by atoms with van der Waals surface area (Å²) in [6.45, 7) is 7.04. The van der Waals surface area contributed by atoms with Crippen LogP contribution in [0.4, 0.5) is 4.79 Å². The first kappa shape index (κ1) is 14.8. The maximum atomic E-state index is 12.0. The molecule has 0 saturated carbocycles. The molecule has 1 heterocycles. The maximum absolute atomic E-state index is 12.0. The summed E-state index contributed by atoms with van der Waals surface area (Å²) in [5.41, 5.74) is -0.455. The number of hydrogen-bond donors (Lipinski definition) is 0. The van der Waals surface area contributed by atoms with Gasteiger partial charge in [0.25, 0.3) is 0 Å². The average Bonchev–Trinajstić information content (AvgIpc) is 2.71. The Kier molecular flexibility index (Phi) is 4.99. The second-order valence-corrected chi connectivity index (χ2v) is 5.84. The van der Waals surface area contributed by atoms with Crippen LogP contribution in [0.3, 0.4) is 0 Å². The Bertz CT molecular complexity index is 299. The van der Waals surface area contributed by atoms with E-state index in [1.807, 2.05) is 20.8 Å². The van der Waals surface area contributed by atoms with Gasteiger partial charge in [0.15, 0.2) is 0 Å². The molecule has 0 aromatic heterocycles. The number of nitrogens with zero attached hydrogens (tertiary/aromatic N) is 2. The van der Waals surface area contributed by atoms with Crippen molar-refractivity contribution in [1.29, 1.82) is 0 Å². The summed E-state index contributed by atoms with van der Waals surface area (Å²) in [7, 11) is 1.75. The molecule has 5 nitrogen and oxygen atoms in total. The molecule has 0 aliphatic carbocycles. The zero-order valence-electron chi connectivity index (χ0n) is 11.8. The number of carbonyl (C=O) groups is 2. The van der Waals surface area contributed by atoms with Crippen LogP contribution in [0, 0.1) is 0 Å². The maximum Gasteiger partial charge on any atom is 0.410 e. The van der Waals surface area contributed by atoms with Crippen molar-refractivity contribution in [3.63, 3.8) is 0 Å². The van der Waals surface area contributed by atoms with Crippen molar-refractivity contribution in [2.24, 2.45) is 0 Å². The van der Waals surface area contributed by atoms with Crippen molar-refractivity contribution in [2.45, 2.75) is 51.7 Å². The van der Waals surface area contributed by atoms with Gasteiger partial charge in [-0.05, 0) is 40.0 Å². The molecule has 1 rings (SSSR count). The predicted molar refractivity (Wildman–Crippen MR) is 69.3 cm³/mol. The first-order valence-electron chi connectivity index (χ1n) is 6.48. The van der Waals surface area contributed by atoms with Gasteiger partial charge in [-0.25, -0.2) is 4.79 Å². The summed E-state index contributed by atoms with van der Waals surface area (Å²) in [6.07, 6.45) is 3.39. The lowest BCUT2D eigenvalue weighted by Crippen LogP contribution is -2.40. The fraction of sp³-hybridized carbons (Fsp3) is 0.846. The van der Waals surface area contributed by atoms with Gasteiger partial charge in [0.1, 0.15) is 5.60 Å². The minimum absolute atomic E-state index is 0.197. The zero-order chi connectivity index (χ0) is 13.8. The highest BCUT2D eigenvalue weighted by atomic mass is 16.6. The summed E-state index contributed by atoms with van der Waals surface area (Å²) < 4.78 is 5.39. The SMILES string of the molecule is CN(C=O)CCC1CCCN1C(=O)OC(C)(C)C. The molecule has 0 bridgehead atoms. The molecule has 1 saturated heterocycles. The summed E-state index contributed by atoms with van der Waals surface area (Å²) in [6, 6.07) is 0.197. The molecule has 0 aromatic carbocycles. The van der Waals surface area contributed by atoms with Crippen LogP contribution in [0.2, 0.25) is 0 Å². The van der Waals surface area contributed by atoms with Crippen LogP contribution in [-0.4, -0.2) is 54.1 Å². The molecule has 0 radical (unpaired) electrons. The molecule has 1 aliphatic rings. The van der Waals surface area contributed by atoms with Crippen LogP contribution in [0.1, 0.15) is 40.0 Å². The number of ether oxygens (including phenoxy) is 1. The zero-order valence-corrected chi connectivity index (χ0v) is 11.8. The van der Waals surface area contributed by atoms with Crippen LogP contribution < -0.4 is 0 Å². The molecule has 18 heavy (non-hydrogen) atoms. The predicted octanol–water partition coefficient (Wildman–Crippen LogP) is 1.86. The smallest absolute Gasteiger partial charge is 0.410 e. The van der Waals surface area contributed by atoms with Crippen molar-refractivity contribution >= 4 is 12.5 Å². The third-order valence-electron chi connectivity index (χ3n) is 3.00. The van der Waals surface area contributed by atoms with Gasteiger partial charge < -0.3 is 14.5 Å². The van der Waals surface area contributed by atoms with Gasteiger partial charge in [-0.2, -0.15) is 0 Å². The molecule has 0 N–H and O–H groups in total. The molecule has 0 spiro atoms. The second-order valence-electron chi connectivity index (χ2n) is 5.84. The third-order valence-corrected chi connectivity index (χ3v) is 3.00. The first-order valence-corrected chi connectivity index (χ1v) is 6.48. The van der Waals surface area contributed by atoms with Gasteiger partial charge in [0, 0.05) is 26.2 Å². The molecule has 2 amide bonds. The lowest BCUT2D eigenvalue weighted by atomic mass is 10.1. The van der Waals surface area contributed by atoms with E-state index in [1.54, 1.807) is 16.8 Å². The molecular weight excluding hydrogens is 232 g/mol. The van der Waals surface area contributed by atoms with Gasteiger partial charge in [-0.1, -0.05) is 0 Å². The molecule has 1 aliphatic heterocycles. The number of rotatable bonds is 4. The minimum Gasteiger partial charge on any atom is -0.444 e. The Balaban J connectivity index is 2.48. The molecule has 1 fully saturated rings. The fourth-order valence-corrected chi connectivity index (χ4v) is 2.10. The van der Waals surface area contributed by atoms with E-state index in [2.05, 4.69) is 0 Å². The number of hydrogen-bond acceptors (Lipinski definition) is 3. The summed E-state index contributed by atoms with van der Waals surface area (Å²) in [5, 5.41) is 0. The van der Waals surface area contributed by atoms with E-state index in [0.29, 0.717) is 6.54 Å². The monoisotopic (exact) mass is 256 g/mol. The Morgan fingerprint density at radius 2 is 2.17 bits per heavy atom. The van der Waals surface area contributed by atoms with Crippen molar-refractivity contribution in [3.8, 4) is 0 Å². The second kappa shape index (κ2) is 6.07. The number of amides is 2. The van der Waals surface area contributed by atoms with E-state index in [4.69, 9.17) is 4.74 Å². The number of likely N-dealkylation sites (tertiary alicyclic amines) is 1. The highest BCUT2D eigenvalue weighted by Gasteiger charge is 2.31. The van der Waals surface area contributed by atoms with E-state index >= 15 is 0 Å². The van der Waals surface area contributed by atoms with Crippen molar-refractivity contribution in [3.05, 3.63) is 0 Å². The summed E-state index contributed by atoms with van der Waals surface area (Å²) in [4.78, 5) is 25.9. The molecule has 1 unspecified atom stereocenters. The Morgan fingerprint density at radius 3 is 2.72 bits per heavy atom. The van der Waals surface area contributed by atoms with Crippen LogP contribution in [-0.2, 0) is 9.53 Å². The highest BCUT2D eigenvalue weighted by Crippen LogP contribution is 2.22. The van der Waals surface area contributed by atoms with E-state index < -0.39 is 5.60 Å². The van der Waals surface area contributed by atoms with Crippen molar-refractivity contribution in [2.75, 3.05) is 20.1 Å². The van der Waals surface area contributed by atoms with Gasteiger partial charge in [0.2, 0.25) is 6.41 Å². The average molecular weight is 256 g/mol. The van der Waals surface area contributed by atoms with E-state index in [1.165, 1.54) is 0 Å². The summed E-state index contributed by atoms with van der Waals surface area (Å²) in [5.74, 6) is 0. The quantitative estimate of drug-likeness (QED) is 0.721. The standard InChI is InChI=1S/C13H24N2O3/c1-13(2,3)18-12(17)15-8-5-6-11(15)7-9-14(4)10-16/h10-11H,5-9H2,1-4H3. The Hall–Kier alpha value is -1.26. The molecule has 104 valence electrons. The minimum atomic E-state index is -0.455. The van der Waals surface area contributed by atoms with Crippen molar-refractivity contribution in [1.82, 2.24) is 9.80 Å². The van der Waals surface area contributed by atoms with Crippen molar-refractivity contribution < 1.29 is 14.3 Å². The first-order chi connectivity index (χ1) is 8.33. The fourth-order valence-electron chi connectivity index (χ4n) is 2.10. The molecular formula is C13H24N2O3. The largest absolute Gasteiger partial charge is 0.444 e. The van der Waals surface area contributed by atoms with E-state index in [-0.39, 0.29) is 12.1 Å². The molecule has 5 heteroatoms. The van der Waals surface area contributed by atoms with Gasteiger partial charge in [-0.3, -0.25) is 4.79 Å². The Labute approximate surface area is 109 Å². The van der Waals surface area contributed by atoms with Crippen LogP contribution in [0.5, 0.6) is 0 Å². The van der Waals surface area contributed by atoms with E-state index in [9.17, 15) is 9.59 Å². The number of carbonyl (C=O) groups excluding carboxylic acids is 2. The molecule has 1 atom stereocenters. The Morgan fingerprint density at radius 1 is 1.50 bits per heavy atom. The normalized spacial score (nSPS) is 19.8. The van der Waals surface area contributed by atoms with Crippen LogP contribution in [0.15, 0.2) is 0 Å². The van der Waals surface area contributed by atoms with Crippen LogP contribution in [0.25, 0.3) is 0 Å². The lowest BCUT2D eigenvalue weighted by molar-refractivity contribution is -0.117. The van der Waals surface area contributed by atoms with Gasteiger partial charge in [-0.15, -0.1) is 0 Å². The third kappa shape index (κ3) is 4.55. The summed E-state index contributed by atoms with van der Waals surface area (Å²) >= 11 is 0.